The molecular formula is C24H28FN5O. The molecule has 4 rings (SSSR count). The fourth-order valence-corrected chi connectivity index (χ4v) is 3.88. The van der Waals surface area contributed by atoms with Crippen LogP contribution in [0.4, 0.5) is 15.9 Å². The van der Waals surface area contributed by atoms with Crippen molar-refractivity contribution in [2.24, 2.45) is 5.92 Å². The summed E-state index contributed by atoms with van der Waals surface area (Å²) in [6.45, 7) is 8.04. The van der Waals surface area contributed by atoms with Crippen LogP contribution in [0.3, 0.4) is 0 Å². The molecule has 0 atom stereocenters. The van der Waals surface area contributed by atoms with Crippen LogP contribution < -0.4 is 15.1 Å². The fourth-order valence-electron chi connectivity index (χ4n) is 3.88. The van der Waals surface area contributed by atoms with Crippen LogP contribution in [0, 0.1) is 11.7 Å². The third kappa shape index (κ3) is 4.76. The maximum absolute atomic E-state index is 13.2. The van der Waals surface area contributed by atoms with E-state index >= 15 is 0 Å². The van der Waals surface area contributed by atoms with Crippen molar-refractivity contribution >= 4 is 28.2 Å². The Balaban J connectivity index is 1.51. The molecular weight excluding hydrogens is 393 g/mol. The molecule has 1 aromatic heterocycles. The van der Waals surface area contributed by atoms with Gasteiger partial charge in [0.25, 0.3) is 5.91 Å². The number of amides is 1. The Morgan fingerprint density at radius 2 is 1.61 bits per heavy atom. The SMILES string of the molecule is CC(C)CCNC(=O)c1nnc(N2CCN(c3ccc(F)cc3)CC2)c2ccccc12. The van der Waals surface area contributed by atoms with Crippen LogP contribution in [0.15, 0.2) is 48.5 Å². The first-order valence-corrected chi connectivity index (χ1v) is 10.8. The van der Waals surface area contributed by atoms with Crippen LogP contribution in [-0.4, -0.2) is 48.8 Å². The standard InChI is InChI=1S/C24H28FN5O/c1-17(2)11-12-26-24(31)22-20-5-3-4-6-21(20)23(28-27-22)30-15-13-29(14-16-30)19-9-7-18(25)8-10-19/h3-10,17H,11-16H2,1-2H3,(H,26,31). The van der Waals surface area contributed by atoms with Crippen molar-refractivity contribution < 1.29 is 9.18 Å². The van der Waals surface area contributed by atoms with E-state index in [4.69, 9.17) is 0 Å². The Bertz CT molecular complexity index is 1050. The molecule has 0 unspecified atom stereocenters. The van der Waals surface area contributed by atoms with E-state index in [0.29, 0.717) is 18.2 Å². The Morgan fingerprint density at radius 1 is 0.968 bits per heavy atom. The maximum Gasteiger partial charge on any atom is 0.272 e. The number of aromatic nitrogens is 2. The predicted octanol–water partition coefficient (Wildman–Crippen LogP) is 3.87. The minimum absolute atomic E-state index is 0.183. The second-order valence-corrected chi connectivity index (χ2v) is 8.31. The van der Waals surface area contributed by atoms with Gasteiger partial charge in [-0.05, 0) is 36.6 Å². The number of nitrogens with one attached hydrogen (secondary N) is 1. The van der Waals surface area contributed by atoms with Crippen LogP contribution >= 0.6 is 0 Å². The highest BCUT2D eigenvalue weighted by molar-refractivity contribution is 6.07. The van der Waals surface area contributed by atoms with Gasteiger partial charge in [0.2, 0.25) is 0 Å². The molecule has 0 bridgehead atoms. The topological polar surface area (TPSA) is 61.4 Å². The first-order valence-electron chi connectivity index (χ1n) is 10.8. The number of carbonyl (C=O) groups is 1. The fraction of sp³-hybridized carbons (Fsp3) is 0.375. The summed E-state index contributed by atoms with van der Waals surface area (Å²) in [5.74, 6) is 0.918. The molecule has 1 fully saturated rings. The highest BCUT2D eigenvalue weighted by Crippen LogP contribution is 2.27. The molecule has 0 aliphatic carbocycles. The third-order valence-corrected chi connectivity index (χ3v) is 5.66. The lowest BCUT2D eigenvalue weighted by molar-refractivity contribution is 0.0948. The summed E-state index contributed by atoms with van der Waals surface area (Å²) < 4.78 is 13.2. The molecule has 1 aliphatic rings. The number of piperazine rings is 1. The van der Waals surface area contributed by atoms with Crippen LogP contribution in [-0.2, 0) is 0 Å². The largest absolute Gasteiger partial charge is 0.368 e. The number of nitrogens with zero attached hydrogens (tertiary/aromatic N) is 4. The van der Waals surface area contributed by atoms with Gasteiger partial charge in [0, 0.05) is 49.2 Å². The zero-order valence-electron chi connectivity index (χ0n) is 18.0. The van der Waals surface area contributed by atoms with Crippen LogP contribution in [0.5, 0.6) is 0 Å². The lowest BCUT2D eigenvalue weighted by atomic mass is 10.1. The highest BCUT2D eigenvalue weighted by atomic mass is 19.1. The zero-order valence-corrected chi connectivity index (χ0v) is 18.0. The van der Waals surface area contributed by atoms with Crippen molar-refractivity contribution in [3.05, 3.63) is 60.0 Å². The van der Waals surface area contributed by atoms with Crippen LogP contribution in [0.1, 0.15) is 30.8 Å². The van der Waals surface area contributed by atoms with Gasteiger partial charge in [0.15, 0.2) is 11.5 Å². The lowest BCUT2D eigenvalue weighted by Crippen LogP contribution is -2.47. The van der Waals surface area contributed by atoms with Gasteiger partial charge >= 0.3 is 0 Å². The summed E-state index contributed by atoms with van der Waals surface area (Å²) in [6, 6.07) is 14.4. The number of halogens is 1. The molecule has 7 heteroatoms. The molecule has 6 nitrogen and oxygen atoms in total. The number of benzene rings is 2. The van der Waals surface area contributed by atoms with E-state index in [-0.39, 0.29) is 11.7 Å². The van der Waals surface area contributed by atoms with Crippen LogP contribution in [0.25, 0.3) is 10.8 Å². The number of fused-ring (bicyclic) bond motifs is 1. The molecule has 1 amide bonds. The van der Waals surface area contributed by atoms with E-state index in [1.807, 2.05) is 36.4 Å². The second kappa shape index (κ2) is 9.29. The monoisotopic (exact) mass is 421 g/mol. The number of carbonyl (C=O) groups excluding carboxylic acids is 1. The van der Waals surface area contributed by atoms with Crippen molar-refractivity contribution in [2.75, 3.05) is 42.5 Å². The summed E-state index contributed by atoms with van der Waals surface area (Å²) in [4.78, 5) is 17.1. The number of hydrogen-bond donors (Lipinski definition) is 1. The molecule has 162 valence electrons. The third-order valence-electron chi connectivity index (χ3n) is 5.66. The summed E-state index contributed by atoms with van der Waals surface area (Å²) in [6.07, 6.45) is 0.924. The number of rotatable bonds is 6. The van der Waals surface area contributed by atoms with E-state index in [1.54, 1.807) is 0 Å². The Hall–Kier alpha value is -3.22. The minimum atomic E-state index is -0.225. The van der Waals surface area contributed by atoms with Crippen molar-refractivity contribution in [1.82, 2.24) is 15.5 Å². The van der Waals surface area contributed by atoms with E-state index < -0.39 is 0 Å². The number of anilines is 2. The van der Waals surface area contributed by atoms with Gasteiger partial charge in [-0.1, -0.05) is 38.1 Å². The lowest BCUT2D eigenvalue weighted by Gasteiger charge is -2.37. The van der Waals surface area contributed by atoms with E-state index in [0.717, 1.165) is 54.9 Å². The maximum atomic E-state index is 13.2. The smallest absolute Gasteiger partial charge is 0.272 e. The number of hydrogen-bond acceptors (Lipinski definition) is 5. The van der Waals surface area contributed by atoms with Gasteiger partial charge in [-0.15, -0.1) is 10.2 Å². The minimum Gasteiger partial charge on any atom is -0.368 e. The van der Waals surface area contributed by atoms with Crippen molar-refractivity contribution in [3.63, 3.8) is 0 Å². The second-order valence-electron chi connectivity index (χ2n) is 8.31. The molecule has 0 spiro atoms. The molecule has 0 radical (unpaired) electrons. The molecule has 1 saturated heterocycles. The molecule has 0 saturated carbocycles. The first-order chi connectivity index (χ1) is 15.0. The van der Waals surface area contributed by atoms with Gasteiger partial charge in [-0.2, -0.15) is 0 Å². The molecule has 1 N–H and O–H groups in total. The van der Waals surface area contributed by atoms with E-state index in [1.165, 1.54) is 12.1 Å². The summed E-state index contributed by atoms with van der Waals surface area (Å²) in [7, 11) is 0. The zero-order chi connectivity index (χ0) is 21.8. The van der Waals surface area contributed by atoms with E-state index in [2.05, 4.69) is 39.2 Å². The van der Waals surface area contributed by atoms with E-state index in [9.17, 15) is 9.18 Å². The highest BCUT2D eigenvalue weighted by Gasteiger charge is 2.22. The first kappa shape index (κ1) is 21.0. The Labute approximate surface area is 182 Å². The van der Waals surface area contributed by atoms with Crippen molar-refractivity contribution in [1.29, 1.82) is 0 Å². The van der Waals surface area contributed by atoms with Gasteiger partial charge < -0.3 is 15.1 Å². The Morgan fingerprint density at radius 3 is 2.29 bits per heavy atom. The summed E-state index contributed by atoms with van der Waals surface area (Å²) in [5, 5.41) is 13.5. The molecule has 3 aromatic rings. The quantitative estimate of drug-likeness (QED) is 0.655. The van der Waals surface area contributed by atoms with Gasteiger partial charge in [-0.3, -0.25) is 4.79 Å². The predicted molar refractivity (Wildman–Crippen MR) is 122 cm³/mol. The molecule has 2 aromatic carbocycles. The Kier molecular flexibility index (Phi) is 6.30. The van der Waals surface area contributed by atoms with Crippen molar-refractivity contribution in [3.8, 4) is 0 Å². The van der Waals surface area contributed by atoms with Gasteiger partial charge in [0.1, 0.15) is 5.82 Å². The van der Waals surface area contributed by atoms with Crippen LogP contribution in [0.2, 0.25) is 0 Å². The summed E-state index contributed by atoms with van der Waals surface area (Å²) >= 11 is 0. The molecule has 2 heterocycles. The van der Waals surface area contributed by atoms with Gasteiger partial charge in [0.05, 0.1) is 0 Å². The molecule has 1 aliphatic heterocycles. The van der Waals surface area contributed by atoms with Crippen molar-refractivity contribution in [2.45, 2.75) is 20.3 Å². The molecule has 31 heavy (non-hydrogen) atoms. The average Bonchev–Trinajstić information content (AvgIpc) is 2.79. The normalized spacial score (nSPS) is 14.3. The average molecular weight is 422 g/mol. The summed E-state index contributed by atoms with van der Waals surface area (Å²) in [5.41, 5.74) is 1.39. The van der Waals surface area contributed by atoms with Gasteiger partial charge in [-0.25, -0.2) is 4.39 Å².